The Morgan fingerprint density at radius 2 is 1.96 bits per heavy atom. The number of aryl methyl sites for hydroxylation is 2. The molecule has 3 heteroatoms. The summed E-state index contributed by atoms with van der Waals surface area (Å²) in [4.78, 5) is 17.3. The number of carbonyl (C=O) groups is 1. The fourth-order valence-electron chi connectivity index (χ4n) is 3.55. The van der Waals surface area contributed by atoms with Crippen molar-refractivity contribution in [1.82, 2.24) is 4.98 Å². The summed E-state index contributed by atoms with van der Waals surface area (Å²) in [6, 6.07) is 9.63. The van der Waals surface area contributed by atoms with Gasteiger partial charge in [0.25, 0.3) is 0 Å². The summed E-state index contributed by atoms with van der Waals surface area (Å²) in [6.07, 6.45) is 2.65. The van der Waals surface area contributed by atoms with E-state index < -0.39 is 0 Å². The van der Waals surface area contributed by atoms with E-state index in [2.05, 4.69) is 16.8 Å². The Labute approximate surface area is 148 Å². The lowest BCUT2D eigenvalue weighted by Gasteiger charge is -2.13. The molecule has 0 saturated heterocycles. The van der Waals surface area contributed by atoms with Crippen LogP contribution < -0.4 is 0 Å². The highest BCUT2D eigenvalue weighted by molar-refractivity contribution is 6.25. The topological polar surface area (TPSA) is 50.2 Å². The average Bonchev–Trinajstić information content (AvgIpc) is 2.83. The third-order valence-corrected chi connectivity index (χ3v) is 4.58. The second kappa shape index (κ2) is 6.94. The smallest absolute Gasteiger partial charge is 0.170 e. The number of ketones is 1. The number of allylic oxidation sites excluding steroid dienone is 2. The van der Waals surface area contributed by atoms with Gasteiger partial charge >= 0.3 is 0 Å². The van der Waals surface area contributed by atoms with Crippen molar-refractivity contribution in [2.45, 2.75) is 33.6 Å². The van der Waals surface area contributed by atoms with Crippen LogP contribution in [0.4, 0.5) is 0 Å². The maximum absolute atomic E-state index is 13.0. The second-order valence-corrected chi connectivity index (χ2v) is 6.47. The van der Waals surface area contributed by atoms with Gasteiger partial charge in [-0.05, 0) is 61.7 Å². The van der Waals surface area contributed by atoms with E-state index in [0.29, 0.717) is 18.4 Å². The summed E-state index contributed by atoms with van der Waals surface area (Å²) >= 11 is 0. The number of aromatic nitrogens is 1. The van der Waals surface area contributed by atoms with Gasteiger partial charge in [-0.1, -0.05) is 12.0 Å². The summed E-state index contributed by atoms with van der Waals surface area (Å²) < 4.78 is 0. The molecule has 3 nitrogen and oxygen atoms in total. The largest absolute Gasteiger partial charge is 0.512 e. The van der Waals surface area contributed by atoms with E-state index >= 15 is 0 Å². The first-order valence-electron chi connectivity index (χ1n) is 8.42. The van der Waals surface area contributed by atoms with Crippen molar-refractivity contribution in [3.8, 4) is 11.8 Å². The van der Waals surface area contributed by atoms with Crippen LogP contribution in [0.5, 0.6) is 0 Å². The number of nitrogens with zero attached hydrogens (tertiary/aromatic N) is 1. The molecule has 1 atom stereocenters. The molecule has 0 radical (unpaired) electrons. The van der Waals surface area contributed by atoms with E-state index in [4.69, 9.17) is 0 Å². The molecule has 3 rings (SSSR count). The van der Waals surface area contributed by atoms with E-state index in [9.17, 15) is 9.90 Å². The van der Waals surface area contributed by atoms with Gasteiger partial charge in [-0.25, -0.2) is 0 Å². The van der Waals surface area contributed by atoms with Gasteiger partial charge in [-0.2, -0.15) is 0 Å². The Balaban J connectivity index is 1.94. The number of benzene rings is 1. The molecule has 25 heavy (non-hydrogen) atoms. The van der Waals surface area contributed by atoms with Crippen LogP contribution in [0.25, 0.3) is 5.57 Å². The van der Waals surface area contributed by atoms with E-state index in [1.54, 1.807) is 13.1 Å². The summed E-state index contributed by atoms with van der Waals surface area (Å²) in [5, 5.41) is 10.5. The minimum atomic E-state index is -0.251. The first-order valence-corrected chi connectivity index (χ1v) is 8.42. The van der Waals surface area contributed by atoms with Gasteiger partial charge in [0, 0.05) is 36.2 Å². The average molecular weight is 331 g/mol. The maximum atomic E-state index is 13.0. The van der Waals surface area contributed by atoms with Gasteiger partial charge in [0.1, 0.15) is 5.76 Å². The van der Waals surface area contributed by atoms with Crippen molar-refractivity contribution >= 4 is 11.4 Å². The first kappa shape index (κ1) is 17.0. The third-order valence-electron chi connectivity index (χ3n) is 4.58. The highest BCUT2D eigenvalue weighted by atomic mass is 16.3. The molecule has 126 valence electrons. The Bertz CT molecular complexity index is 891. The lowest BCUT2D eigenvalue weighted by atomic mass is 9.89. The number of hydrogen-bond acceptors (Lipinski definition) is 3. The van der Waals surface area contributed by atoms with Crippen molar-refractivity contribution < 1.29 is 9.90 Å². The summed E-state index contributed by atoms with van der Waals surface area (Å²) in [6.45, 7) is 5.72. The van der Waals surface area contributed by atoms with Gasteiger partial charge in [-0.15, -0.1) is 5.92 Å². The fourth-order valence-corrected chi connectivity index (χ4v) is 3.55. The number of rotatable bonds is 3. The lowest BCUT2D eigenvalue weighted by molar-refractivity contribution is -0.116. The Kier molecular flexibility index (Phi) is 4.72. The number of aliphatic hydroxyl groups excluding tert-OH is 1. The molecule has 1 aromatic carbocycles. The van der Waals surface area contributed by atoms with Crippen LogP contribution in [0.3, 0.4) is 0 Å². The number of Topliss-reactive ketones (excluding diaryl/α,β-unsaturated/α-hetero) is 1. The van der Waals surface area contributed by atoms with Crippen LogP contribution in [0.15, 0.2) is 42.3 Å². The van der Waals surface area contributed by atoms with E-state index in [1.807, 2.05) is 44.2 Å². The zero-order valence-corrected chi connectivity index (χ0v) is 14.8. The Morgan fingerprint density at radius 1 is 1.24 bits per heavy atom. The molecule has 1 aliphatic carbocycles. The quantitative estimate of drug-likeness (QED) is 0.859. The third kappa shape index (κ3) is 3.34. The fraction of sp³-hybridized carbons (Fsp3) is 0.273. The van der Waals surface area contributed by atoms with Crippen LogP contribution >= 0.6 is 0 Å². The molecule has 0 saturated carbocycles. The van der Waals surface area contributed by atoms with Gasteiger partial charge in [-0.3, -0.25) is 9.78 Å². The molecule has 1 aliphatic rings. The molecule has 0 amide bonds. The van der Waals surface area contributed by atoms with Gasteiger partial charge in [0.15, 0.2) is 5.78 Å². The number of pyridine rings is 1. The van der Waals surface area contributed by atoms with Crippen LogP contribution in [-0.2, 0) is 11.2 Å². The Morgan fingerprint density at radius 3 is 2.56 bits per heavy atom. The van der Waals surface area contributed by atoms with Gasteiger partial charge < -0.3 is 5.11 Å². The van der Waals surface area contributed by atoms with E-state index in [0.717, 1.165) is 27.9 Å². The predicted octanol–water partition coefficient (Wildman–Crippen LogP) is 4.17. The lowest BCUT2D eigenvalue weighted by Crippen LogP contribution is -2.14. The van der Waals surface area contributed by atoms with Crippen molar-refractivity contribution in [3.63, 3.8) is 0 Å². The molecule has 1 aromatic heterocycles. The van der Waals surface area contributed by atoms with Gasteiger partial charge in [0.2, 0.25) is 0 Å². The molecule has 1 N–H and O–H groups in total. The van der Waals surface area contributed by atoms with E-state index in [-0.39, 0.29) is 17.5 Å². The molecule has 0 bridgehead atoms. The molecular weight excluding hydrogens is 310 g/mol. The first-order chi connectivity index (χ1) is 12.0. The molecule has 1 heterocycles. The van der Waals surface area contributed by atoms with E-state index in [1.165, 1.54) is 0 Å². The zero-order valence-electron chi connectivity index (χ0n) is 14.8. The summed E-state index contributed by atoms with van der Waals surface area (Å²) in [7, 11) is 0. The predicted molar refractivity (Wildman–Crippen MR) is 99.1 cm³/mol. The molecule has 0 aliphatic heterocycles. The minimum absolute atomic E-state index is 0.00341. The number of hydrogen-bond donors (Lipinski definition) is 1. The second-order valence-electron chi connectivity index (χ2n) is 6.47. The molecule has 2 aromatic rings. The highest BCUT2D eigenvalue weighted by Gasteiger charge is 2.35. The van der Waals surface area contributed by atoms with Crippen molar-refractivity contribution in [1.29, 1.82) is 0 Å². The zero-order chi connectivity index (χ0) is 18.0. The number of aliphatic hydroxyl groups is 1. The standard InChI is InChI=1S/C22H21NO2/c1-4-7-16-10-14(2)20(15(3)11-16)21-19(24)13-17(22(21)25)12-18-8-5-6-9-23-18/h5-6,8-11,17,24H,12-13H2,1-3H3/t17-/m0/s1. The van der Waals surface area contributed by atoms with Crippen LogP contribution in [0.1, 0.15) is 41.3 Å². The van der Waals surface area contributed by atoms with Crippen LogP contribution in [0.2, 0.25) is 0 Å². The maximum Gasteiger partial charge on any atom is 0.170 e. The van der Waals surface area contributed by atoms with Crippen molar-refractivity contribution in [3.05, 3.63) is 70.2 Å². The molecule has 0 fully saturated rings. The minimum Gasteiger partial charge on any atom is -0.512 e. The molecule has 0 spiro atoms. The molecular formula is C22H21NO2. The monoisotopic (exact) mass is 331 g/mol. The summed E-state index contributed by atoms with van der Waals surface area (Å²) in [5.41, 5.74) is 5.03. The normalized spacial score (nSPS) is 16.8. The summed E-state index contributed by atoms with van der Waals surface area (Å²) in [5.74, 6) is 5.88. The van der Waals surface area contributed by atoms with Crippen LogP contribution in [-0.4, -0.2) is 15.9 Å². The highest BCUT2D eigenvalue weighted by Crippen LogP contribution is 2.38. The van der Waals surface area contributed by atoms with Crippen LogP contribution in [0, 0.1) is 31.6 Å². The van der Waals surface area contributed by atoms with Crippen molar-refractivity contribution in [2.75, 3.05) is 0 Å². The SMILES string of the molecule is CC#Cc1cc(C)c(C2=C(O)C[C@H](Cc3ccccn3)C2=O)c(C)c1. The van der Waals surface area contributed by atoms with Gasteiger partial charge in [0.05, 0.1) is 5.57 Å². The van der Waals surface area contributed by atoms with Crippen molar-refractivity contribution in [2.24, 2.45) is 5.92 Å². The number of carbonyl (C=O) groups excluding carboxylic acids is 1. The Hall–Kier alpha value is -2.86. The molecule has 0 unspecified atom stereocenters.